The van der Waals surface area contributed by atoms with Gasteiger partial charge in [-0.05, 0) is 25.2 Å². The SMILES string of the molecule is C1=Nc2[nH]cc(-c3cn[nH]c3)c2CC1C1CCCCC1. The number of nitrogens with zero attached hydrogens (tertiary/aromatic N) is 2. The van der Waals surface area contributed by atoms with E-state index in [-0.39, 0.29) is 0 Å². The minimum atomic E-state index is 0.615. The number of fused-ring (bicyclic) bond motifs is 1. The van der Waals surface area contributed by atoms with Crippen molar-refractivity contribution in [2.75, 3.05) is 0 Å². The molecule has 4 heteroatoms. The van der Waals surface area contributed by atoms with Crippen LogP contribution in [0.15, 0.2) is 23.6 Å². The fraction of sp³-hybridized carbons (Fsp3) is 0.500. The van der Waals surface area contributed by atoms with E-state index in [4.69, 9.17) is 0 Å². The van der Waals surface area contributed by atoms with Crippen LogP contribution in [-0.4, -0.2) is 21.4 Å². The van der Waals surface area contributed by atoms with Gasteiger partial charge in [-0.2, -0.15) is 5.10 Å². The Hall–Kier alpha value is -1.84. The van der Waals surface area contributed by atoms with Crippen molar-refractivity contribution in [1.29, 1.82) is 0 Å². The molecule has 0 bridgehead atoms. The first-order valence-corrected chi connectivity index (χ1v) is 7.65. The fourth-order valence-corrected chi connectivity index (χ4v) is 3.73. The number of H-pyrrole nitrogens is 2. The smallest absolute Gasteiger partial charge is 0.133 e. The molecule has 3 heterocycles. The summed E-state index contributed by atoms with van der Waals surface area (Å²) in [5.41, 5.74) is 3.78. The van der Waals surface area contributed by atoms with Crippen LogP contribution in [0.25, 0.3) is 11.1 Å². The summed E-state index contributed by atoms with van der Waals surface area (Å²) < 4.78 is 0. The molecule has 1 aliphatic heterocycles. The Morgan fingerprint density at radius 2 is 2.00 bits per heavy atom. The number of aliphatic imine (C=N–C) groups is 1. The molecule has 1 fully saturated rings. The molecule has 1 atom stereocenters. The van der Waals surface area contributed by atoms with Crippen LogP contribution in [0.3, 0.4) is 0 Å². The third kappa shape index (κ3) is 1.99. The Morgan fingerprint density at radius 1 is 1.10 bits per heavy atom. The molecule has 2 aromatic heterocycles. The van der Waals surface area contributed by atoms with Gasteiger partial charge in [0.25, 0.3) is 0 Å². The van der Waals surface area contributed by atoms with E-state index in [1.807, 2.05) is 12.4 Å². The Bertz CT molecular complexity index is 602. The number of nitrogens with one attached hydrogen (secondary N) is 2. The molecule has 104 valence electrons. The summed E-state index contributed by atoms with van der Waals surface area (Å²) in [6.45, 7) is 0. The lowest BCUT2D eigenvalue weighted by atomic mass is 9.77. The van der Waals surface area contributed by atoms with Gasteiger partial charge in [-0.3, -0.25) is 5.10 Å². The quantitative estimate of drug-likeness (QED) is 0.853. The second kappa shape index (κ2) is 4.93. The van der Waals surface area contributed by atoms with Gasteiger partial charge in [0, 0.05) is 41.2 Å². The van der Waals surface area contributed by atoms with Gasteiger partial charge in [-0.25, -0.2) is 4.99 Å². The minimum Gasteiger partial charge on any atom is -0.346 e. The zero-order chi connectivity index (χ0) is 13.4. The van der Waals surface area contributed by atoms with Gasteiger partial charge < -0.3 is 4.98 Å². The molecule has 0 radical (unpaired) electrons. The zero-order valence-electron chi connectivity index (χ0n) is 11.6. The highest BCUT2D eigenvalue weighted by molar-refractivity contribution is 5.78. The molecule has 0 aromatic carbocycles. The van der Waals surface area contributed by atoms with Crippen LogP contribution in [0, 0.1) is 11.8 Å². The van der Waals surface area contributed by atoms with Crippen LogP contribution in [0.5, 0.6) is 0 Å². The van der Waals surface area contributed by atoms with Crippen molar-refractivity contribution in [1.82, 2.24) is 15.2 Å². The lowest BCUT2D eigenvalue weighted by Gasteiger charge is -2.29. The van der Waals surface area contributed by atoms with Gasteiger partial charge in [-0.1, -0.05) is 19.3 Å². The summed E-state index contributed by atoms with van der Waals surface area (Å²) in [4.78, 5) is 7.97. The molecule has 1 aliphatic carbocycles. The third-order valence-corrected chi connectivity index (χ3v) is 4.86. The highest BCUT2D eigenvalue weighted by Crippen LogP contribution is 2.39. The van der Waals surface area contributed by atoms with E-state index in [1.165, 1.54) is 43.2 Å². The van der Waals surface area contributed by atoms with Crippen molar-refractivity contribution in [2.45, 2.75) is 38.5 Å². The molecule has 0 spiro atoms. The van der Waals surface area contributed by atoms with Crippen LogP contribution in [0.4, 0.5) is 5.82 Å². The molecule has 0 amide bonds. The highest BCUT2D eigenvalue weighted by Gasteiger charge is 2.27. The summed E-state index contributed by atoms with van der Waals surface area (Å²) in [6, 6.07) is 0. The maximum atomic E-state index is 4.67. The molecule has 2 aromatic rings. The molecule has 4 nitrogen and oxygen atoms in total. The standard InChI is InChI=1S/C16H20N4/c1-2-4-11(5-3-1)12-6-14-15(13-8-19-20-9-13)10-18-16(14)17-7-12/h7-12,18H,1-6H2,(H,19,20). The van der Waals surface area contributed by atoms with E-state index in [9.17, 15) is 0 Å². The summed E-state index contributed by atoms with van der Waals surface area (Å²) in [5, 5.41) is 6.96. The number of aromatic amines is 2. The Labute approximate surface area is 118 Å². The average Bonchev–Trinajstić information content (AvgIpc) is 3.16. The Balaban J connectivity index is 1.62. The molecule has 1 saturated carbocycles. The summed E-state index contributed by atoms with van der Waals surface area (Å²) in [5.74, 6) is 2.48. The molecular formula is C16H20N4. The molecule has 20 heavy (non-hydrogen) atoms. The summed E-state index contributed by atoms with van der Waals surface area (Å²) >= 11 is 0. The van der Waals surface area contributed by atoms with E-state index in [0.29, 0.717) is 5.92 Å². The van der Waals surface area contributed by atoms with Crippen LogP contribution in [0.2, 0.25) is 0 Å². The normalized spacial score (nSPS) is 22.9. The van der Waals surface area contributed by atoms with E-state index in [0.717, 1.165) is 23.7 Å². The third-order valence-electron chi connectivity index (χ3n) is 4.86. The topological polar surface area (TPSA) is 56.8 Å². The van der Waals surface area contributed by atoms with Crippen molar-refractivity contribution < 1.29 is 0 Å². The van der Waals surface area contributed by atoms with E-state index >= 15 is 0 Å². The molecule has 1 unspecified atom stereocenters. The van der Waals surface area contributed by atoms with Gasteiger partial charge in [0.2, 0.25) is 0 Å². The van der Waals surface area contributed by atoms with Gasteiger partial charge in [-0.15, -0.1) is 0 Å². The molecule has 4 rings (SSSR count). The summed E-state index contributed by atoms with van der Waals surface area (Å²) in [7, 11) is 0. The first kappa shape index (κ1) is 11.9. The summed E-state index contributed by atoms with van der Waals surface area (Å²) in [6.07, 6.45) is 16.2. The first-order chi connectivity index (χ1) is 9.92. The van der Waals surface area contributed by atoms with E-state index < -0.39 is 0 Å². The number of rotatable bonds is 2. The van der Waals surface area contributed by atoms with Gasteiger partial charge in [0.05, 0.1) is 6.20 Å². The number of hydrogen-bond acceptors (Lipinski definition) is 2. The number of hydrogen-bond donors (Lipinski definition) is 2. The fourth-order valence-electron chi connectivity index (χ4n) is 3.73. The van der Waals surface area contributed by atoms with Gasteiger partial charge in [0.1, 0.15) is 5.82 Å². The van der Waals surface area contributed by atoms with Crippen molar-refractivity contribution in [2.24, 2.45) is 16.8 Å². The van der Waals surface area contributed by atoms with Crippen molar-refractivity contribution >= 4 is 12.0 Å². The van der Waals surface area contributed by atoms with Gasteiger partial charge in [0.15, 0.2) is 0 Å². The van der Waals surface area contributed by atoms with Crippen LogP contribution in [0.1, 0.15) is 37.7 Å². The number of aromatic nitrogens is 3. The van der Waals surface area contributed by atoms with Crippen molar-refractivity contribution in [3.8, 4) is 11.1 Å². The second-order valence-electron chi connectivity index (χ2n) is 6.06. The molecule has 0 saturated heterocycles. The molecular weight excluding hydrogens is 248 g/mol. The van der Waals surface area contributed by atoms with E-state index in [2.05, 4.69) is 32.6 Å². The molecule has 2 aliphatic rings. The van der Waals surface area contributed by atoms with Gasteiger partial charge >= 0.3 is 0 Å². The van der Waals surface area contributed by atoms with Crippen molar-refractivity contribution in [3.05, 3.63) is 24.2 Å². The van der Waals surface area contributed by atoms with Crippen LogP contribution >= 0.6 is 0 Å². The lowest BCUT2D eigenvalue weighted by molar-refractivity contribution is 0.300. The maximum Gasteiger partial charge on any atom is 0.133 e. The molecule has 2 N–H and O–H groups in total. The van der Waals surface area contributed by atoms with Crippen LogP contribution in [-0.2, 0) is 6.42 Å². The average molecular weight is 268 g/mol. The van der Waals surface area contributed by atoms with Crippen LogP contribution < -0.4 is 0 Å². The predicted molar refractivity (Wildman–Crippen MR) is 80.3 cm³/mol. The Morgan fingerprint density at radius 3 is 2.80 bits per heavy atom. The maximum absolute atomic E-state index is 4.67. The zero-order valence-corrected chi connectivity index (χ0v) is 11.6. The minimum absolute atomic E-state index is 0.615. The first-order valence-electron chi connectivity index (χ1n) is 7.65. The highest BCUT2D eigenvalue weighted by atomic mass is 15.1. The lowest BCUT2D eigenvalue weighted by Crippen LogP contribution is -2.23. The van der Waals surface area contributed by atoms with E-state index in [1.54, 1.807) is 0 Å². The monoisotopic (exact) mass is 268 g/mol. The van der Waals surface area contributed by atoms with Crippen molar-refractivity contribution in [3.63, 3.8) is 0 Å². The predicted octanol–water partition coefficient (Wildman–Crippen LogP) is 3.86. The largest absolute Gasteiger partial charge is 0.346 e. The second-order valence-corrected chi connectivity index (χ2v) is 6.06. The Kier molecular flexibility index (Phi) is 2.94.